The monoisotopic (exact) mass is 204 g/mol. The molecular weight excluding hydrogens is 188 g/mol. The first-order valence-corrected chi connectivity index (χ1v) is 4.98. The SMILES string of the molecule is C/C=C/CNC(=O)c1cc(C)cc(C)n1. The second kappa shape index (κ2) is 5.29. The number of allylic oxidation sites excluding steroid dienone is 1. The zero-order valence-electron chi connectivity index (χ0n) is 9.37. The van der Waals surface area contributed by atoms with Gasteiger partial charge in [0.2, 0.25) is 0 Å². The van der Waals surface area contributed by atoms with Crippen molar-refractivity contribution in [2.45, 2.75) is 20.8 Å². The second-order valence-electron chi connectivity index (χ2n) is 3.45. The number of nitrogens with zero attached hydrogens (tertiary/aromatic N) is 1. The summed E-state index contributed by atoms with van der Waals surface area (Å²) in [5, 5.41) is 2.77. The predicted molar refractivity (Wildman–Crippen MR) is 60.9 cm³/mol. The Labute approximate surface area is 90.2 Å². The molecule has 15 heavy (non-hydrogen) atoms. The molecule has 0 aliphatic carbocycles. The fourth-order valence-electron chi connectivity index (χ4n) is 1.32. The van der Waals surface area contributed by atoms with E-state index in [1.54, 1.807) is 6.07 Å². The van der Waals surface area contributed by atoms with Crippen molar-refractivity contribution in [2.75, 3.05) is 6.54 Å². The van der Waals surface area contributed by atoms with Gasteiger partial charge in [0.25, 0.3) is 5.91 Å². The summed E-state index contributed by atoms with van der Waals surface area (Å²) < 4.78 is 0. The molecule has 1 amide bonds. The van der Waals surface area contributed by atoms with Crippen molar-refractivity contribution in [3.05, 3.63) is 41.2 Å². The molecule has 3 heteroatoms. The topological polar surface area (TPSA) is 42.0 Å². The quantitative estimate of drug-likeness (QED) is 0.765. The van der Waals surface area contributed by atoms with E-state index in [0.29, 0.717) is 12.2 Å². The van der Waals surface area contributed by atoms with Crippen molar-refractivity contribution in [1.82, 2.24) is 10.3 Å². The summed E-state index contributed by atoms with van der Waals surface area (Å²) in [5.41, 5.74) is 2.40. The lowest BCUT2D eigenvalue weighted by Crippen LogP contribution is -2.24. The number of amides is 1. The molecule has 80 valence electrons. The molecule has 0 unspecified atom stereocenters. The van der Waals surface area contributed by atoms with Crippen LogP contribution in [0.1, 0.15) is 28.7 Å². The molecular formula is C12H16N2O. The van der Waals surface area contributed by atoms with E-state index in [2.05, 4.69) is 10.3 Å². The molecule has 0 fully saturated rings. The average Bonchev–Trinajstić information content (AvgIpc) is 2.16. The molecule has 0 saturated carbocycles. The largest absolute Gasteiger partial charge is 0.347 e. The number of nitrogens with one attached hydrogen (secondary N) is 1. The van der Waals surface area contributed by atoms with Gasteiger partial charge in [-0.15, -0.1) is 0 Å². The van der Waals surface area contributed by atoms with Crippen molar-refractivity contribution in [3.63, 3.8) is 0 Å². The molecule has 1 rings (SSSR count). The fraction of sp³-hybridized carbons (Fsp3) is 0.333. The average molecular weight is 204 g/mol. The summed E-state index contributed by atoms with van der Waals surface area (Å²) >= 11 is 0. The van der Waals surface area contributed by atoms with Crippen LogP contribution in [0.3, 0.4) is 0 Å². The van der Waals surface area contributed by atoms with Crippen LogP contribution in [-0.4, -0.2) is 17.4 Å². The van der Waals surface area contributed by atoms with E-state index >= 15 is 0 Å². The molecule has 1 heterocycles. The Morgan fingerprint density at radius 3 is 2.80 bits per heavy atom. The van der Waals surface area contributed by atoms with Gasteiger partial charge in [0.1, 0.15) is 5.69 Å². The number of aryl methyl sites for hydroxylation is 2. The van der Waals surface area contributed by atoms with Crippen LogP contribution >= 0.6 is 0 Å². The van der Waals surface area contributed by atoms with E-state index in [1.807, 2.05) is 39.0 Å². The number of pyridine rings is 1. The number of rotatable bonds is 3. The maximum absolute atomic E-state index is 11.6. The third-order valence-corrected chi connectivity index (χ3v) is 1.95. The fourth-order valence-corrected chi connectivity index (χ4v) is 1.32. The van der Waals surface area contributed by atoms with E-state index < -0.39 is 0 Å². The van der Waals surface area contributed by atoms with Gasteiger partial charge in [0, 0.05) is 12.2 Å². The van der Waals surface area contributed by atoms with Gasteiger partial charge in [-0.25, -0.2) is 4.98 Å². The second-order valence-corrected chi connectivity index (χ2v) is 3.45. The summed E-state index contributed by atoms with van der Waals surface area (Å²) in [5.74, 6) is -0.125. The normalized spacial score (nSPS) is 10.6. The Kier molecular flexibility index (Phi) is 4.03. The molecule has 0 atom stereocenters. The Morgan fingerprint density at radius 1 is 1.47 bits per heavy atom. The van der Waals surface area contributed by atoms with Crippen LogP contribution in [0.2, 0.25) is 0 Å². The summed E-state index contributed by atoms with van der Waals surface area (Å²) in [6.45, 7) is 6.30. The molecule has 0 spiro atoms. The minimum Gasteiger partial charge on any atom is -0.347 e. The van der Waals surface area contributed by atoms with Crippen LogP contribution in [0.25, 0.3) is 0 Å². The van der Waals surface area contributed by atoms with Crippen LogP contribution in [0.5, 0.6) is 0 Å². The van der Waals surface area contributed by atoms with Gasteiger partial charge in [-0.1, -0.05) is 12.2 Å². The minimum absolute atomic E-state index is 0.125. The van der Waals surface area contributed by atoms with E-state index in [0.717, 1.165) is 11.3 Å². The van der Waals surface area contributed by atoms with Crippen LogP contribution in [-0.2, 0) is 0 Å². The Bertz CT molecular complexity index is 363. The van der Waals surface area contributed by atoms with Crippen molar-refractivity contribution >= 4 is 5.91 Å². The van der Waals surface area contributed by atoms with Gasteiger partial charge in [-0.2, -0.15) is 0 Å². The Morgan fingerprint density at radius 2 is 2.20 bits per heavy atom. The lowest BCUT2D eigenvalue weighted by Gasteiger charge is -2.03. The first kappa shape index (κ1) is 11.4. The molecule has 1 aromatic rings. The van der Waals surface area contributed by atoms with Crippen LogP contribution < -0.4 is 5.32 Å². The predicted octanol–water partition coefficient (Wildman–Crippen LogP) is 2.00. The third kappa shape index (κ3) is 3.54. The van der Waals surface area contributed by atoms with E-state index in [1.165, 1.54) is 0 Å². The molecule has 1 N–H and O–H groups in total. The van der Waals surface area contributed by atoms with Gasteiger partial charge >= 0.3 is 0 Å². The van der Waals surface area contributed by atoms with Gasteiger partial charge in [-0.3, -0.25) is 4.79 Å². The first-order chi connectivity index (χ1) is 7.13. The maximum Gasteiger partial charge on any atom is 0.270 e. The first-order valence-electron chi connectivity index (χ1n) is 4.98. The van der Waals surface area contributed by atoms with Crippen molar-refractivity contribution in [1.29, 1.82) is 0 Å². The smallest absolute Gasteiger partial charge is 0.270 e. The summed E-state index contributed by atoms with van der Waals surface area (Å²) in [6, 6.07) is 3.74. The van der Waals surface area contributed by atoms with E-state index in [-0.39, 0.29) is 5.91 Å². The van der Waals surface area contributed by atoms with Gasteiger partial charge in [0.15, 0.2) is 0 Å². The molecule has 1 aromatic heterocycles. The highest BCUT2D eigenvalue weighted by Gasteiger charge is 2.06. The van der Waals surface area contributed by atoms with Gasteiger partial charge < -0.3 is 5.32 Å². The van der Waals surface area contributed by atoms with Crippen molar-refractivity contribution < 1.29 is 4.79 Å². The minimum atomic E-state index is -0.125. The number of carbonyl (C=O) groups is 1. The highest BCUT2D eigenvalue weighted by atomic mass is 16.1. The standard InChI is InChI=1S/C12H16N2O/c1-4-5-6-13-12(15)11-8-9(2)7-10(3)14-11/h4-5,7-8H,6H2,1-3H3,(H,13,15)/b5-4+. The highest BCUT2D eigenvalue weighted by Crippen LogP contribution is 2.03. The van der Waals surface area contributed by atoms with Crippen LogP contribution in [0.15, 0.2) is 24.3 Å². The number of aromatic nitrogens is 1. The number of hydrogen-bond acceptors (Lipinski definition) is 2. The Hall–Kier alpha value is -1.64. The highest BCUT2D eigenvalue weighted by molar-refractivity contribution is 5.92. The summed E-state index contributed by atoms with van der Waals surface area (Å²) in [6.07, 6.45) is 3.79. The third-order valence-electron chi connectivity index (χ3n) is 1.95. The maximum atomic E-state index is 11.6. The van der Waals surface area contributed by atoms with Crippen molar-refractivity contribution in [2.24, 2.45) is 0 Å². The number of hydrogen-bond donors (Lipinski definition) is 1. The molecule has 0 bridgehead atoms. The number of carbonyl (C=O) groups excluding carboxylic acids is 1. The Balaban J connectivity index is 2.73. The molecule has 3 nitrogen and oxygen atoms in total. The van der Waals surface area contributed by atoms with Crippen molar-refractivity contribution in [3.8, 4) is 0 Å². The van der Waals surface area contributed by atoms with Crippen LogP contribution in [0.4, 0.5) is 0 Å². The molecule has 0 radical (unpaired) electrons. The van der Waals surface area contributed by atoms with Gasteiger partial charge in [0.05, 0.1) is 0 Å². The molecule has 0 aliphatic heterocycles. The van der Waals surface area contributed by atoms with Gasteiger partial charge in [-0.05, 0) is 38.5 Å². The zero-order valence-corrected chi connectivity index (χ0v) is 9.37. The molecule has 0 aromatic carbocycles. The van der Waals surface area contributed by atoms with E-state index in [9.17, 15) is 4.79 Å². The summed E-state index contributed by atoms with van der Waals surface area (Å²) in [4.78, 5) is 15.8. The molecule has 0 saturated heterocycles. The molecule has 0 aliphatic rings. The lowest BCUT2D eigenvalue weighted by atomic mass is 10.2. The van der Waals surface area contributed by atoms with E-state index in [4.69, 9.17) is 0 Å². The summed E-state index contributed by atoms with van der Waals surface area (Å²) in [7, 11) is 0. The lowest BCUT2D eigenvalue weighted by molar-refractivity contribution is 0.0952. The zero-order chi connectivity index (χ0) is 11.3. The van der Waals surface area contributed by atoms with Crippen LogP contribution in [0, 0.1) is 13.8 Å².